The fourth-order valence-electron chi connectivity index (χ4n) is 20.4. The molecule has 6 aliphatic heterocycles. The van der Waals surface area contributed by atoms with Crippen LogP contribution in [0.2, 0.25) is 0 Å². The number of hydrogen-bond acceptors (Lipinski definition) is 6. The number of fused-ring (bicyclic) bond motifs is 14. The Morgan fingerprint density at radius 2 is 0.564 bits per heavy atom. The molecule has 1 fully saturated rings. The minimum Gasteiger partial charge on any atom is -0.459 e. The standard InChI is InChI=1S/C108H73B3N2O4/c1-10-30-68(31-11-1)77-54-58-94-88(60-77)109-89-61-78(69-32-12-2-13-33-69)55-59-95(89)116-108-102(109)98(114-94)67-99-104(108)111-87-57-53-80(71-36-16-4-17-37-71)65-96(87)117-107-101-93(66-97(115-99)103(107)111)113(106-84(75-44-24-8-25-45-75)50-29-51-85(106)76-46-26-9-27-47-76)92-64-81(72-38-18-5-19-39-72)63-91-100(92)110(101)86-56-52-79(70-34-14-3-15-35-70)62-90(86)112(91)105-82(73-40-20-6-21-41-73)48-28-49-83(105)74-42-22-7-23-43-74/h1-4,6-17,20-37,40-67,72H,5,18-19,38-39H2. The molecule has 0 amide bonds. The van der Waals surface area contributed by atoms with Gasteiger partial charge in [0.15, 0.2) is 0 Å². The van der Waals surface area contributed by atoms with Gasteiger partial charge in [0.25, 0.3) is 20.1 Å². The summed E-state index contributed by atoms with van der Waals surface area (Å²) in [6.07, 6.45) is 5.72. The fraction of sp³-hybridized carbons (Fsp3) is 0.0556. The van der Waals surface area contributed by atoms with Crippen LogP contribution < -0.4 is 77.9 Å². The van der Waals surface area contributed by atoms with Crippen molar-refractivity contribution in [3.8, 4) is 135 Å². The van der Waals surface area contributed by atoms with Crippen molar-refractivity contribution in [2.45, 2.75) is 38.0 Å². The molecule has 0 spiro atoms. The molecule has 1 aliphatic carbocycles. The second-order valence-electron chi connectivity index (χ2n) is 32.1. The van der Waals surface area contributed by atoms with Crippen LogP contribution in [0.3, 0.4) is 0 Å². The maximum absolute atomic E-state index is 8.37. The van der Waals surface area contributed by atoms with E-state index in [1.807, 2.05) is 0 Å². The molecule has 0 aromatic heterocycles. The van der Waals surface area contributed by atoms with Crippen molar-refractivity contribution in [1.29, 1.82) is 0 Å². The molecule has 117 heavy (non-hydrogen) atoms. The van der Waals surface area contributed by atoms with Gasteiger partial charge in [-0.15, -0.1) is 0 Å². The fourth-order valence-corrected chi connectivity index (χ4v) is 20.4. The van der Waals surface area contributed by atoms with Crippen molar-refractivity contribution < 1.29 is 18.9 Å². The summed E-state index contributed by atoms with van der Waals surface area (Å²) < 4.78 is 31.7. The lowest BCUT2D eigenvalue weighted by molar-refractivity contribution is 0.443. The Kier molecular flexibility index (Phi) is 15.6. The van der Waals surface area contributed by atoms with Crippen LogP contribution in [-0.4, -0.2) is 20.1 Å². The predicted molar refractivity (Wildman–Crippen MR) is 485 cm³/mol. The zero-order valence-electron chi connectivity index (χ0n) is 64.2. The van der Waals surface area contributed by atoms with E-state index in [0.29, 0.717) is 17.2 Å². The van der Waals surface area contributed by atoms with Crippen LogP contribution in [0.15, 0.2) is 376 Å². The largest absolute Gasteiger partial charge is 0.459 e. The molecule has 0 N–H and O–H groups in total. The summed E-state index contributed by atoms with van der Waals surface area (Å²) in [4.78, 5) is 5.38. The highest BCUT2D eigenvalue weighted by atomic mass is 16.5. The van der Waals surface area contributed by atoms with Gasteiger partial charge in [0.2, 0.25) is 0 Å². The minimum atomic E-state index is -0.494. The van der Waals surface area contributed by atoms with E-state index in [-0.39, 0.29) is 12.6 Å². The van der Waals surface area contributed by atoms with Crippen LogP contribution >= 0.6 is 0 Å². The molecule has 1 saturated carbocycles. The van der Waals surface area contributed by atoms with Gasteiger partial charge in [-0.3, -0.25) is 0 Å². The molecule has 0 radical (unpaired) electrons. The third-order valence-corrected chi connectivity index (χ3v) is 25.7. The van der Waals surface area contributed by atoms with Crippen LogP contribution in [0.4, 0.5) is 34.1 Å². The van der Waals surface area contributed by atoms with Crippen LogP contribution in [0.5, 0.6) is 46.0 Å². The molecular formula is C108H73B3N2O4. The Bertz CT molecular complexity index is 6700. The van der Waals surface area contributed by atoms with Gasteiger partial charge in [0.05, 0.1) is 11.4 Å². The summed E-state index contributed by atoms with van der Waals surface area (Å²) in [5, 5.41) is 0. The Hall–Kier alpha value is -14.3. The second kappa shape index (κ2) is 27.2. The lowest BCUT2D eigenvalue weighted by atomic mass is 9.29. The van der Waals surface area contributed by atoms with E-state index < -0.39 is 13.4 Å². The third-order valence-electron chi connectivity index (χ3n) is 25.7. The van der Waals surface area contributed by atoms with E-state index in [1.54, 1.807) is 0 Å². The molecule has 0 bridgehead atoms. The SMILES string of the molecule is c1ccc(-c2ccc3c(c2)Oc2c4c(cc5c2B2c6ccc(-c7ccccc7)cc6N(c6c(-c7ccccc7)cccc6-c6ccccc6)c6cc(C7CCCCC7)cc(c62)N5c2c(-c5ccccc5)cccc2-c2ccccc2)Oc2cc5c6c(c2B34)Oc2ccc(-c3ccccc3)cc2B6c2cc(-c3ccccc3)ccc2O5)cc1. The lowest BCUT2D eigenvalue weighted by Crippen LogP contribution is -2.66. The number of rotatable bonds is 11. The summed E-state index contributed by atoms with van der Waals surface area (Å²) in [7, 11) is 0. The van der Waals surface area contributed by atoms with Gasteiger partial charge in [-0.1, -0.05) is 347 Å². The summed E-state index contributed by atoms with van der Waals surface area (Å²) in [6, 6.07) is 139. The molecule has 6 heterocycles. The first kappa shape index (κ1) is 67.3. The summed E-state index contributed by atoms with van der Waals surface area (Å²) >= 11 is 0. The zero-order chi connectivity index (χ0) is 76.8. The van der Waals surface area contributed by atoms with Crippen LogP contribution in [0.25, 0.3) is 89.0 Å². The summed E-state index contributed by atoms with van der Waals surface area (Å²) in [5.41, 5.74) is 35.0. The number of benzene rings is 17. The van der Waals surface area contributed by atoms with Crippen LogP contribution in [0, 0.1) is 0 Å². The highest BCUT2D eigenvalue weighted by molar-refractivity contribution is 7.04. The Morgan fingerprint density at radius 1 is 0.214 bits per heavy atom. The Morgan fingerprint density at radius 3 is 1.03 bits per heavy atom. The number of hydrogen-bond donors (Lipinski definition) is 0. The molecule has 0 saturated heterocycles. The average Bonchev–Trinajstić information content (AvgIpc) is 0.673. The average molecular weight is 1500 g/mol. The predicted octanol–water partition coefficient (Wildman–Crippen LogP) is 22.6. The number of anilines is 6. The monoisotopic (exact) mass is 1490 g/mol. The lowest BCUT2D eigenvalue weighted by Gasteiger charge is -2.48. The Labute approximate surface area is 682 Å². The zero-order valence-corrected chi connectivity index (χ0v) is 64.2. The number of nitrogens with zero attached hydrogens (tertiary/aromatic N) is 2. The van der Waals surface area contributed by atoms with E-state index in [9.17, 15) is 0 Å². The number of ether oxygens (including phenoxy) is 4. The van der Waals surface area contributed by atoms with Gasteiger partial charge in [-0.05, 0) is 160 Å². The quantitative estimate of drug-likeness (QED) is 0.120. The topological polar surface area (TPSA) is 43.4 Å². The van der Waals surface area contributed by atoms with Crippen molar-refractivity contribution in [2.75, 3.05) is 9.80 Å². The van der Waals surface area contributed by atoms with Gasteiger partial charge in [-0.2, -0.15) is 0 Å². The molecule has 17 aromatic carbocycles. The molecule has 6 nitrogen and oxygen atoms in total. The van der Waals surface area contributed by atoms with Gasteiger partial charge in [0.1, 0.15) is 46.0 Å². The normalized spacial score (nSPS) is 14.0. The van der Waals surface area contributed by atoms with Crippen molar-refractivity contribution in [1.82, 2.24) is 0 Å². The smallest absolute Gasteiger partial charge is 0.265 e. The van der Waals surface area contributed by atoms with Gasteiger partial charge in [0, 0.05) is 73.5 Å². The van der Waals surface area contributed by atoms with Gasteiger partial charge in [-0.25, -0.2) is 0 Å². The maximum atomic E-state index is 8.37. The number of para-hydroxylation sites is 2. The van der Waals surface area contributed by atoms with Crippen molar-refractivity contribution >= 4 is 103 Å². The van der Waals surface area contributed by atoms with Gasteiger partial charge < -0.3 is 28.7 Å². The van der Waals surface area contributed by atoms with Crippen molar-refractivity contribution in [3.63, 3.8) is 0 Å². The first-order chi connectivity index (χ1) is 58.0. The molecule has 24 rings (SSSR count). The maximum Gasteiger partial charge on any atom is 0.265 e. The first-order valence-corrected chi connectivity index (χ1v) is 41.2. The summed E-state index contributed by atoms with van der Waals surface area (Å²) in [6.45, 7) is -1.23. The minimum absolute atomic E-state index is 0.285. The third kappa shape index (κ3) is 10.8. The van der Waals surface area contributed by atoms with Crippen molar-refractivity contribution in [2.24, 2.45) is 0 Å². The highest BCUT2D eigenvalue weighted by Gasteiger charge is 2.54. The van der Waals surface area contributed by atoms with E-state index in [2.05, 4.69) is 386 Å². The molecule has 0 unspecified atom stereocenters. The molecule has 17 aromatic rings. The summed E-state index contributed by atoms with van der Waals surface area (Å²) in [5.74, 6) is 6.19. The van der Waals surface area contributed by atoms with Crippen LogP contribution in [-0.2, 0) is 0 Å². The molecule has 7 aliphatic rings. The molecule has 548 valence electrons. The highest BCUT2D eigenvalue weighted by Crippen LogP contribution is 2.57. The molecular weight excluding hydrogens is 1420 g/mol. The van der Waals surface area contributed by atoms with Crippen LogP contribution in [0.1, 0.15) is 43.6 Å². The Balaban J connectivity index is 0.838. The van der Waals surface area contributed by atoms with E-state index in [4.69, 9.17) is 18.9 Å². The van der Waals surface area contributed by atoms with Gasteiger partial charge >= 0.3 is 0 Å². The first-order valence-electron chi connectivity index (χ1n) is 41.2. The van der Waals surface area contributed by atoms with Crippen molar-refractivity contribution in [3.05, 3.63) is 382 Å². The van der Waals surface area contributed by atoms with E-state index in [1.165, 1.54) is 17.4 Å². The second-order valence-corrected chi connectivity index (χ2v) is 32.1. The van der Waals surface area contributed by atoms with E-state index >= 15 is 0 Å². The van der Waals surface area contributed by atoms with E-state index in [0.717, 1.165) is 221 Å². The molecule has 0 atom stereocenters. The molecule has 9 heteroatoms.